The van der Waals surface area contributed by atoms with Crippen molar-refractivity contribution in [1.29, 1.82) is 0 Å². The maximum Gasteiger partial charge on any atom is 0.258 e. The van der Waals surface area contributed by atoms with Crippen LogP contribution in [0.1, 0.15) is 10.4 Å². The molecule has 19 heavy (non-hydrogen) atoms. The second-order valence-corrected chi connectivity index (χ2v) is 4.33. The van der Waals surface area contributed by atoms with Gasteiger partial charge in [0.1, 0.15) is 0 Å². The van der Waals surface area contributed by atoms with E-state index in [-0.39, 0.29) is 15.7 Å². The van der Waals surface area contributed by atoms with Crippen LogP contribution in [0.15, 0.2) is 30.5 Å². The van der Waals surface area contributed by atoms with E-state index in [1.165, 1.54) is 12.1 Å². The molecule has 0 saturated heterocycles. The van der Waals surface area contributed by atoms with E-state index in [1.54, 1.807) is 6.07 Å². The highest BCUT2D eigenvalue weighted by molar-refractivity contribution is 6.40. The van der Waals surface area contributed by atoms with E-state index in [9.17, 15) is 13.6 Å². The second kappa shape index (κ2) is 5.50. The molecule has 0 unspecified atom stereocenters. The molecule has 0 atom stereocenters. The first kappa shape index (κ1) is 13.7. The van der Waals surface area contributed by atoms with Crippen molar-refractivity contribution in [3.8, 4) is 0 Å². The van der Waals surface area contributed by atoms with Crippen molar-refractivity contribution in [1.82, 2.24) is 4.98 Å². The Balaban J connectivity index is 2.34. The van der Waals surface area contributed by atoms with Crippen LogP contribution in [0.3, 0.4) is 0 Å². The molecular formula is C12H6Cl2F2N2O. The third-order valence-corrected chi connectivity index (χ3v) is 2.92. The highest BCUT2D eigenvalue weighted by Gasteiger charge is 2.18. The van der Waals surface area contributed by atoms with Crippen molar-refractivity contribution in [2.24, 2.45) is 0 Å². The number of anilines is 1. The SMILES string of the molecule is O=C(Nc1c(Cl)cccc1Cl)c1ccnc(F)c1F. The first-order chi connectivity index (χ1) is 9.00. The number of benzene rings is 1. The van der Waals surface area contributed by atoms with Crippen molar-refractivity contribution in [2.75, 3.05) is 5.32 Å². The monoisotopic (exact) mass is 302 g/mol. The predicted molar refractivity (Wildman–Crippen MR) is 68.6 cm³/mol. The summed E-state index contributed by atoms with van der Waals surface area (Å²) in [6, 6.07) is 5.66. The zero-order chi connectivity index (χ0) is 14.0. The molecule has 0 fully saturated rings. The highest BCUT2D eigenvalue weighted by atomic mass is 35.5. The van der Waals surface area contributed by atoms with Crippen LogP contribution in [0.25, 0.3) is 0 Å². The van der Waals surface area contributed by atoms with Crippen molar-refractivity contribution in [3.05, 3.63) is 57.8 Å². The number of rotatable bonds is 2. The third-order valence-electron chi connectivity index (χ3n) is 2.29. The van der Waals surface area contributed by atoms with Crippen LogP contribution in [-0.4, -0.2) is 10.9 Å². The molecule has 3 nitrogen and oxygen atoms in total. The summed E-state index contributed by atoms with van der Waals surface area (Å²) in [6.45, 7) is 0. The zero-order valence-electron chi connectivity index (χ0n) is 9.25. The molecule has 0 aliphatic carbocycles. The molecule has 98 valence electrons. The van der Waals surface area contributed by atoms with Crippen LogP contribution >= 0.6 is 23.2 Å². The Labute approximate surface area is 117 Å². The van der Waals surface area contributed by atoms with Gasteiger partial charge in [0.05, 0.1) is 21.3 Å². The minimum Gasteiger partial charge on any atom is -0.319 e. The van der Waals surface area contributed by atoms with Gasteiger partial charge in [0.2, 0.25) is 5.95 Å². The number of hydrogen-bond acceptors (Lipinski definition) is 2. The Kier molecular flexibility index (Phi) is 3.97. The molecule has 2 rings (SSSR count). The maximum atomic E-state index is 13.4. The lowest BCUT2D eigenvalue weighted by molar-refractivity contribution is 0.102. The maximum absolute atomic E-state index is 13.4. The van der Waals surface area contributed by atoms with Crippen LogP contribution < -0.4 is 5.32 Å². The van der Waals surface area contributed by atoms with Crippen LogP contribution in [0, 0.1) is 11.8 Å². The van der Waals surface area contributed by atoms with Gasteiger partial charge < -0.3 is 5.32 Å². The van der Waals surface area contributed by atoms with Gasteiger partial charge in [-0.2, -0.15) is 4.39 Å². The minimum absolute atomic E-state index is 0.132. The molecule has 0 spiro atoms. The molecule has 1 heterocycles. The lowest BCUT2D eigenvalue weighted by Crippen LogP contribution is -2.15. The van der Waals surface area contributed by atoms with Gasteiger partial charge in [0.15, 0.2) is 5.82 Å². The molecular weight excluding hydrogens is 297 g/mol. The molecule has 1 amide bonds. The van der Waals surface area contributed by atoms with Gasteiger partial charge in [-0.25, -0.2) is 9.37 Å². The summed E-state index contributed by atoms with van der Waals surface area (Å²) in [7, 11) is 0. The normalized spacial score (nSPS) is 10.3. The van der Waals surface area contributed by atoms with Gasteiger partial charge in [-0.15, -0.1) is 0 Å². The molecule has 7 heteroatoms. The summed E-state index contributed by atoms with van der Waals surface area (Å²) in [5, 5.41) is 2.71. The van der Waals surface area contributed by atoms with Crippen LogP contribution in [0.4, 0.5) is 14.5 Å². The molecule has 2 aromatic rings. The summed E-state index contributed by atoms with van der Waals surface area (Å²) in [5.41, 5.74) is -0.351. The molecule has 0 saturated carbocycles. The molecule has 0 aliphatic rings. The fraction of sp³-hybridized carbons (Fsp3) is 0. The van der Waals surface area contributed by atoms with Crippen molar-refractivity contribution in [3.63, 3.8) is 0 Å². The van der Waals surface area contributed by atoms with Crippen molar-refractivity contribution < 1.29 is 13.6 Å². The predicted octanol–water partition coefficient (Wildman–Crippen LogP) is 3.92. The average Bonchev–Trinajstić information content (AvgIpc) is 2.37. The standard InChI is InChI=1S/C12H6Cl2F2N2O/c13-7-2-1-3-8(14)10(7)18-12(19)6-4-5-17-11(16)9(6)15/h1-5H,(H,18,19). The van der Waals surface area contributed by atoms with Gasteiger partial charge in [-0.3, -0.25) is 4.79 Å². The summed E-state index contributed by atoms with van der Waals surface area (Å²) in [5.74, 6) is -3.55. The number of para-hydroxylation sites is 1. The third kappa shape index (κ3) is 2.83. The van der Waals surface area contributed by atoms with Crippen LogP contribution in [0.5, 0.6) is 0 Å². The van der Waals surface area contributed by atoms with Gasteiger partial charge >= 0.3 is 0 Å². The molecule has 1 N–H and O–H groups in total. The Bertz CT molecular complexity index is 629. The second-order valence-electron chi connectivity index (χ2n) is 3.51. The molecule has 0 aliphatic heterocycles. The number of halogens is 4. The topological polar surface area (TPSA) is 42.0 Å². The van der Waals surface area contributed by atoms with Gasteiger partial charge in [-0.1, -0.05) is 29.3 Å². The number of pyridine rings is 1. The fourth-order valence-corrected chi connectivity index (χ4v) is 1.88. The van der Waals surface area contributed by atoms with Crippen molar-refractivity contribution in [2.45, 2.75) is 0 Å². The Hall–Kier alpha value is -1.72. The molecule has 1 aromatic heterocycles. The lowest BCUT2D eigenvalue weighted by atomic mass is 10.2. The number of aromatic nitrogens is 1. The molecule has 0 radical (unpaired) electrons. The van der Waals surface area contributed by atoms with Crippen LogP contribution in [0.2, 0.25) is 10.0 Å². The lowest BCUT2D eigenvalue weighted by Gasteiger charge is -2.09. The molecule has 0 bridgehead atoms. The number of hydrogen-bond donors (Lipinski definition) is 1. The quantitative estimate of drug-likeness (QED) is 0.854. The number of carbonyl (C=O) groups is 1. The highest BCUT2D eigenvalue weighted by Crippen LogP contribution is 2.30. The Morgan fingerprint density at radius 2 is 1.79 bits per heavy atom. The molecule has 1 aromatic carbocycles. The number of nitrogens with one attached hydrogen (secondary N) is 1. The minimum atomic E-state index is -1.35. The van der Waals surface area contributed by atoms with E-state index in [4.69, 9.17) is 23.2 Å². The smallest absolute Gasteiger partial charge is 0.258 e. The van der Waals surface area contributed by atoms with E-state index in [0.29, 0.717) is 0 Å². The Morgan fingerprint density at radius 3 is 2.42 bits per heavy atom. The summed E-state index contributed by atoms with van der Waals surface area (Å²) >= 11 is 11.7. The van der Waals surface area contributed by atoms with Gasteiger partial charge in [0.25, 0.3) is 5.91 Å². The first-order valence-corrected chi connectivity index (χ1v) is 5.81. The average molecular weight is 303 g/mol. The zero-order valence-corrected chi connectivity index (χ0v) is 10.8. The number of carbonyl (C=O) groups excluding carboxylic acids is 1. The largest absolute Gasteiger partial charge is 0.319 e. The first-order valence-electron chi connectivity index (χ1n) is 5.06. The van der Waals surface area contributed by atoms with E-state index >= 15 is 0 Å². The van der Waals surface area contributed by atoms with E-state index in [1.807, 2.05) is 0 Å². The number of nitrogens with zero attached hydrogens (tertiary/aromatic N) is 1. The Morgan fingerprint density at radius 1 is 1.16 bits per heavy atom. The summed E-state index contributed by atoms with van der Waals surface area (Å²) < 4.78 is 26.3. The summed E-state index contributed by atoms with van der Waals surface area (Å²) in [4.78, 5) is 14.9. The number of amides is 1. The van der Waals surface area contributed by atoms with Crippen LogP contribution in [-0.2, 0) is 0 Å². The van der Waals surface area contributed by atoms with Gasteiger partial charge in [-0.05, 0) is 18.2 Å². The van der Waals surface area contributed by atoms with E-state index < -0.39 is 23.2 Å². The summed E-state index contributed by atoms with van der Waals surface area (Å²) in [6.07, 6.45) is 0.988. The van der Waals surface area contributed by atoms with Crippen molar-refractivity contribution >= 4 is 34.8 Å². The van der Waals surface area contributed by atoms with E-state index in [0.717, 1.165) is 12.3 Å². The van der Waals surface area contributed by atoms with E-state index in [2.05, 4.69) is 10.3 Å². The fourth-order valence-electron chi connectivity index (χ4n) is 1.39. The van der Waals surface area contributed by atoms with Gasteiger partial charge in [0, 0.05) is 6.20 Å².